The third-order valence-electron chi connectivity index (χ3n) is 6.54. The van der Waals surface area contributed by atoms with Crippen molar-refractivity contribution in [2.75, 3.05) is 13.2 Å². The molecule has 0 atom stereocenters. The molecular formula is C18H25F2O6S-. The van der Waals surface area contributed by atoms with Crippen LogP contribution in [-0.2, 0) is 24.4 Å². The van der Waals surface area contributed by atoms with Gasteiger partial charge in [0.2, 0.25) is 0 Å². The summed E-state index contributed by atoms with van der Waals surface area (Å²) in [7, 11) is -5.73. The average molecular weight is 407 g/mol. The Balaban J connectivity index is 1.48. The maximum Gasteiger partial charge on any atom is 0.336 e. The first kappa shape index (κ1) is 20.7. The zero-order valence-electron chi connectivity index (χ0n) is 15.3. The summed E-state index contributed by atoms with van der Waals surface area (Å²) in [5.41, 5.74) is -0.546. The first-order valence-corrected chi connectivity index (χ1v) is 10.7. The van der Waals surface area contributed by atoms with E-state index in [-0.39, 0.29) is 12.2 Å². The van der Waals surface area contributed by atoms with Gasteiger partial charge in [-0.2, -0.15) is 8.78 Å². The van der Waals surface area contributed by atoms with Gasteiger partial charge in [0, 0.05) is 6.42 Å². The fraction of sp³-hybridized carbons (Fsp3) is 0.833. The van der Waals surface area contributed by atoms with E-state index in [2.05, 4.69) is 6.58 Å². The van der Waals surface area contributed by atoms with E-state index in [1.807, 2.05) is 6.92 Å². The summed E-state index contributed by atoms with van der Waals surface area (Å²) in [4.78, 5) is 12.4. The van der Waals surface area contributed by atoms with E-state index >= 15 is 0 Å². The van der Waals surface area contributed by atoms with Crippen molar-refractivity contribution >= 4 is 16.1 Å². The number of alkyl halides is 2. The van der Waals surface area contributed by atoms with Crippen molar-refractivity contribution in [1.82, 2.24) is 0 Å². The number of halogens is 2. The topological polar surface area (TPSA) is 92.7 Å². The van der Waals surface area contributed by atoms with Crippen molar-refractivity contribution in [3.05, 3.63) is 12.2 Å². The number of hydrogen-bond acceptors (Lipinski definition) is 6. The van der Waals surface area contributed by atoms with E-state index in [1.165, 1.54) is 6.42 Å². The van der Waals surface area contributed by atoms with Crippen LogP contribution < -0.4 is 0 Å². The van der Waals surface area contributed by atoms with Crippen molar-refractivity contribution in [3.8, 4) is 0 Å². The van der Waals surface area contributed by atoms with Gasteiger partial charge in [0.25, 0.3) is 0 Å². The van der Waals surface area contributed by atoms with E-state index in [0.29, 0.717) is 11.8 Å². The molecule has 6 nitrogen and oxygen atoms in total. The molecule has 0 heterocycles. The third-order valence-corrected chi connectivity index (χ3v) is 7.48. The molecule has 4 saturated carbocycles. The second-order valence-corrected chi connectivity index (χ2v) is 9.88. The van der Waals surface area contributed by atoms with E-state index in [0.717, 1.165) is 37.5 Å². The number of hydrogen-bond donors (Lipinski definition) is 0. The average Bonchev–Trinajstić information content (AvgIpc) is 2.55. The first-order chi connectivity index (χ1) is 12.4. The highest BCUT2D eigenvalue weighted by Crippen LogP contribution is 2.59. The Bertz CT molecular complexity index is 689. The van der Waals surface area contributed by atoms with E-state index in [4.69, 9.17) is 9.47 Å². The Morgan fingerprint density at radius 1 is 1.19 bits per heavy atom. The standard InChI is InChI=1S/C18H26F2O6S/c1-11(10-25-4-3-18(19,20)27(22,23)24)16(21)26-17(2)14-6-12-5-13(8-14)9-15(17)7-12/h12-15H,1,3-10H2,2H3,(H,22,23,24)/p-1. The van der Waals surface area contributed by atoms with E-state index in [1.54, 1.807) is 0 Å². The van der Waals surface area contributed by atoms with Crippen LogP contribution in [0.3, 0.4) is 0 Å². The maximum absolute atomic E-state index is 13.0. The molecule has 0 aromatic carbocycles. The van der Waals surface area contributed by atoms with E-state index in [9.17, 15) is 26.5 Å². The first-order valence-electron chi connectivity index (χ1n) is 9.24. The fourth-order valence-electron chi connectivity index (χ4n) is 5.13. The van der Waals surface area contributed by atoms with Gasteiger partial charge in [-0.25, -0.2) is 13.2 Å². The molecule has 4 aliphatic rings. The lowest BCUT2D eigenvalue weighted by molar-refractivity contribution is -0.200. The Morgan fingerprint density at radius 2 is 1.70 bits per heavy atom. The number of carbonyl (C=O) groups excluding carboxylic acids is 1. The molecule has 0 spiro atoms. The summed E-state index contributed by atoms with van der Waals surface area (Å²) < 4.78 is 68.1. The van der Waals surface area contributed by atoms with Gasteiger partial charge < -0.3 is 14.0 Å². The summed E-state index contributed by atoms with van der Waals surface area (Å²) in [5, 5.41) is -4.40. The zero-order chi connectivity index (χ0) is 20.0. The van der Waals surface area contributed by atoms with Gasteiger partial charge in [-0.05, 0) is 62.7 Å². The molecule has 0 aliphatic heterocycles. The van der Waals surface area contributed by atoms with Crippen LogP contribution in [0.4, 0.5) is 8.78 Å². The Hall–Kier alpha value is -1.06. The number of esters is 1. The molecule has 0 saturated heterocycles. The normalized spacial score (nSPS) is 35.3. The van der Waals surface area contributed by atoms with Gasteiger partial charge in [0.05, 0.1) is 18.8 Å². The van der Waals surface area contributed by atoms with Crippen LogP contribution in [0, 0.1) is 23.7 Å². The fourth-order valence-corrected chi connectivity index (χ4v) is 5.46. The highest BCUT2D eigenvalue weighted by Gasteiger charge is 2.57. The van der Waals surface area contributed by atoms with Crippen LogP contribution in [0.1, 0.15) is 45.4 Å². The van der Waals surface area contributed by atoms with Crippen LogP contribution in [0.5, 0.6) is 0 Å². The van der Waals surface area contributed by atoms with Crippen molar-refractivity contribution in [1.29, 1.82) is 0 Å². The quantitative estimate of drug-likeness (QED) is 0.266. The largest absolute Gasteiger partial charge is 0.743 e. The Kier molecular flexibility index (Phi) is 5.42. The predicted molar refractivity (Wildman–Crippen MR) is 90.8 cm³/mol. The number of carbonyl (C=O) groups is 1. The van der Waals surface area contributed by atoms with Crippen molar-refractivity contribution in [3.63, 3.8) is 0 Å². The molecule has 0 aromatic heterocycles. The van der Waals surface area contributed by atoms with Gasteiger partial charge in [0.1, 0.15) is 5.60 Å². The lowest BCUT2D eigenvalue weighted by Crippen LogP contribution is -2.58. The minimum Gasteiger partial charge on any atom is -0.743 e. The van der Waals surface area contributed by atoms with Gasteiger partial charge in [-0.1, -0.05) is 6.58 Å². The third kappa shape index (κ3) is 4.05. The molecule has 0 unspecified atom stereocenters. The molecule has 27 heavy (non-hydrogen) atoms. The lowest BCUT2D eigenvalue weighted by atomic mass is 9.50. The highest BCUT2D eigenvalue weighted by atomic mass is 32.2. The predicted octanol–water partition coefficient (Wildman–Crippen LogP) is 2.85. The van der Waals surface area contributed by atoms with Crippen LogP contribution in [-0.4, -0.2) is 43.0 Å². The monoisotopic (exact) mass is 407 g/mol. The second-order valence-electron chi connectivity index (χ2n) is 8.38. The van der Waals surface area contributed by atoms with Crippen LogP contribution in [0.25, 0.3) is 0 Å². The highest BCUT2D eigenvalue weighted by molar-refractivity contribution is 7.86. The molecule has 0 N–H and O–H groups in total. The molecule has 154 valence electrons. The summed E-state index contributed by atoms with van der Waals surface area (Å²) in [6.07, 6.45) is 4.28. The van der Waals surface area contributed by atoms with Crippen molar-refractivity contribution < 1.29 is 36.0 Å². The number of ether oxygens (including phenoxy) is 2. The van der Waals surface area contributed by atoms with Gasteiger partial charge in [-0.3, -0.25) is 0 Å². The maximum atomic E-state index is 13.0. The molecule has 9 heteroatoms. The molecule has 0 aromatic rings. The molecule has 4 aliphatic carbocycles. The smallest absolute Gasteiger partial charge is 0.336 e. The zero-order valence-corrected chi connectivity index (χ0v) is 16.1. The summed E-state index contributed by atoms with van der Waals surface area (Å²) >= 11 is 0. The molecule has 4 fully saturated rings. The summed E-state index contributed by atoms with van der Waals surface area (Å²) in [5.74, 6) is 1.52. The Labute approximate surface area is 158 Å². The molecule has 0 amide bonds. The molecule has 4 rings (SSSR count). The van der Waals surface area contributed by atoms with Gasteiger partial charge in [-0.15, -0.1) is 0 Å². The molecular weight excluding hydrogens is 382 g/mol. The summed E-state index contributed by atoms with van der Waals surface area (Å²) in [6.45, 7) is 4.52. The van der Waals surface area contributed by atoms with Crippen molar-refractivity contribution in [2.24, 2.45) is 23.7 Å². The number of rotatable bonds is 8. The minimum atomic E-state index is -5.73. The van der Waals surface area contributed by atoms with Crippen LogP contribution in [0.15, 0.2) is 12.2 Å². The minimum absolute atomic E-state index is 0.0154. The van der Waals surface area contributed by atoms with Crippen LogP contribution in [0.2, 0.25) is 0 Å². The molecule has 0 radical (unpaired) electrons. The van der Waals surface area contributed by atoms with Gasteiger partial charge in [0.15, 0.2) is 10.1 Å². The van der Waals surface area contributed by atoms with E-state index < -0.39 is 40.0 Å². The van der Waals surface area contributed by atoms with Gasteiger partial charge >= 0.3 is 11.2 Å². The van der Waals surface area contributed by atoms with Crippen LogP contribution >= 0.6 is 0 Å². The SMILES string of the molecule is C=C(COCCC(F)(F)S(=O)(=O)[O-])C(=O)OC1(C)C2CC3CC(C2)CC1C3. The van der Waals surface area contributed by atoms with Crippen molar-refractivity contribution in [2.45, 2.75) is 56.3 Å². The lowest BCUT2D eigenvalue weighted by Gasteiger charge is -2.59. The summed E-state index contributed by atoms with van der Waals surface area (Å²) in [6, 6.07) is 0. The molecule has 4 bridgehead atoms. The Morgan fingerprint density at radius 3 is 2.19 bits per heavy atom. The second kappa shape index (κ2) is 7.08.